The van der Waals surface area contributed by atoms with Gasteiger partial charge in [-0.15, -0.1) is 0 Å². The van der Waals surface area contributed by atoms with Crippen LogP contribution in [0.15, 0.2) is 54.6 Å². The molecule has 0 radical (unpaired) electrons. The van der Waals surface area contributed by atoms with Crippen molar-refractivity contribution >= 4 is 5.91 Å². The fourth-order valence-corrected chi connectivity index (χ4v) is 3.16. The molecule has 0 heterocycles. The van der Waals surface area contributed by atoms with Crippen LogP contribution in [-0.2, 0) is 11.2 Å². The maximum Gasteiger partial charge on any atom is 0.260 e. The zero-order valence-corrected chi connectivity index (χ0v) is 18.8. The van der Waals surface area contributed by atoms with Gasteiger partial charge in [-0.25, -0.2) is 0 Å². The molecule has 0 spiro atoms. The number of amides is 1. The van der Waals surface area contributed by atoms with E-state index < -0.39 is 6.10 Å². The van der Waals surface area contributed by atoms with Crippen molar-refractivity contribution in [2.45, 2.75) is 39.2 Å². The van der Waals surface area contributed by atoms with Gasteiger partial charge in [0.2, 0.25) is 0 Å². The maximum absolute atomic E-state index is 12.3. The van der Waals surface area contributed by atoms with Gasteiger partial charge >= 0.3 is 0 Å². The number of ether oxygens (including phenoxy) is 2. The van der Waals surface area contributed by atoms with Gasteiger partial charge in [-0.3, -0.25) is 4.79 Å². The number of nitrogens with zero attached hydrogens (tertiary/aromatic N) is 1. The average Bonchev–Trinajstić information content (AvgIpc) is 2.80. The molecule has 6 heteroatoms. The number of carbonyl (C=O) groups is 1. The minimum Gasteiger partial charge on any atom is -0.491 e. The molecule has 0 fully saturated rings. The first kappa shape index (κ1) is 24.7. The van der Waals surface area contributed by atoms with Crippen LogP contribution in [0, 0.1) is 0 Å². The summed E-state index contributed by atoms with van der Waals surface area (Å²) in [6.07, 6.45) is 2.18. The van der Waals surface area contributed by atoms with Crippen LogP contribution in [0.4, 0.5) is 0 Å². The third kappa shape index (κ3) is 9.85. The largest absolute Gasteiger partial charge is 0.491 e. The fourth-order valence-electron chi connectivity index (χ4n) is 3.16. The summed E-state index contributed by atoms with van der Waals surface area (Å²) in [5.41, 5.74) is 1.17. The fraction of sp³-hybridized carbons (Fsp3) is 0.480. The van der Waals surface area contributed by atoms with Crippen LogP contribution in [0.25, 0.3) is 0 Å². The summed E-state index contributed by atoms with van der Waals surface area (Å²) < 4.78 is 11.2. The smallest absolute Gasteiger partial charge is 0.260 e. The maximum atomic E-state index is 12.3. The van der Waals surface area contributed by atoms with Gasteiger partial charge in [-0.05, 0) is 55.6 Å². The van der Waals surface area contributed by atoms with Crippen LogP contribution in [0.3, 0.4) is 0 Å². The molecule has 1 atom stereocenters. The van der Waals surface area contributed by atoms with Crippen LogP contribution >= 0.6 is 0 Å². The SMILES string of the molecule is CCCN(CCC)C(=O)COc1ccc(CCNCC(O)COc2ccccc2)cc1. The Labute approximate surface area is 186 Å². The van der Waals surface area contributed by atoms with E-state index in [1.807, 2.05) is 59.5 Å². The van der Waals surface area contributed by atoms with Crippen LogP contribution in [0.5, 0.6) is 11.5 Å². The summed E-state index contributed by atoms with van der Waals surface area (Å²) in [7, 11) is 0. The Balaban J connectivity index is 1.62. The van der Waals surface area contributed by atoms with Gasteiger partial charge in [0.15, 0.2) is 6.61 Å². The lowest BCUT2D eigenvalue weighted by molar-refractivity contribution is -0.133. The first-order valence-electron chi connectivity index (χ1n) is 11.2. The molecule has 6 nitrogen and oxygen atoms in total. The second-order valence-electron chi connectivity index (χ2n) is 7.55. The molecule has 0 saturated heterocycles. The molecule has 1 amide bonds. The predicted molar refractivity (Wildman–Crippen MR) is 124 cm³/mol. The molecule has 0 aliphatic rings. The average molecular weight is 429 g/mol. The van der Waals surface area contributed by atoms with E-state index in [1.165, 1.54) is 5.56 Å². The van der Waals surface area contributed by atoms with Crippen molar-refractivity contribution in [3.63, 3.8) is 0 Å². The minimum atomic E-state index is -0.562. The Morgan fingerprint density at radius 1 is 0.968 bits per heavy atom. The normalized spacial score (nSPS) is 11.7. The summed E-state index contributed by atoms with van der Waals surface area (Å²) in [5, 5.41) is 13.3. The summed E-state index contributed by atoms with van der Waals surface area (Å²) in [4.78, 5) is 14.1. The van der Waals surface area contributed by atoms with Gasteiger partial charge in [0, 0.05) is 19.6 Å². The molecule has 170 valence electrons. The molecule has 1 unspecified atom stereocenters. The highest BCUT2D eigenvalue weighted by molar-refractivity contribution is 5.77. The zero-order chi connectivity index (χ0) is 22.3. The topological polar surface area (TPSA) is 71.0 Å². The van der Waals surface area contributed by atoms with Crippen molar-refractivity contribution in [3.8, 4) is 11.5 Å². The second kappa shape index (κ2) is 14.4. The number of hydrogen-bond acceptors (Lipinski definition) is 5. The van der Waals surface area contributed by atoms with E-state index in [1.54, 1.807) is 0 Å². The van der Waals surface area contributed by atoms with E-state index in [9.17, 15) is 9.90 Å². The first-order valence-corrected chi connectivity index (χ1v) is 11.2. The van der Waals surface area contributed by atoms with Gasteiger partial charge in [-0.1, -0.05) is 44.2 Å². The molecule has 2 N–H and O–H groups in total. The van der Waals surface area contributed by atoms with E-state index in [0.717, 1.165) is 44.6 Å². The highest BCUT2D eigenvalue weighted by Gasteiger charge is 2.12. The zero-order valence-electron chi connectivity index (χ0n) is 18.8. The lowest BCUT2D eigenvalue weighted by Crippen LogP contribution is -2.36. The van der Waals surface area contributed by atoms with E-state index in [2.05, 4.69) is 19.2 Å². The predicted octanol–water partition coefficient (Wildman–Crippen LogP) is 3.29. The molecule has 2 rings (SSSR count). The molecule has 0 aliphatic heterocycles. The number of aliphatic hydroxyl groups excluding tert-OH is 1. The number of carbonyl (C=O) groups excluding carboxylic acids is 1. The van der Waals surface area contributed by atoms with Gasteiger partial charge in [0.25, 0.3) is 5.91 Å². The Kier molecular flexibility index (Phi) is 11.5. The molecule has 2 aromatic carbocycles. The second-order valence-corrected chi connectivity index (χ2v) is 7.55. The number of benzene rings is 2. The highest BCUT2D eigenvalue weighted by atomic mass is 16.5. The quantitative estimate of drug-likeness (QED) is 0.426. The standard InChI is InChI=1S/C25H36N2O4/c1-3-16-27(17-4-2)25(29)20-31-24-12-10-21(11-13-24)14-15-26-18-22(28)19-30-23-8-6-5-7-9-23/h5-13,22,26,28H,3-4,14-20H2,1-2H3. The van der Waals surface area contributed by atoms with Crippen LogP contribution in [0.1, 0.15) is 32.3 Å². The Morgan fingerprint density at radius 2 is 1.61 bits per heavy atom. The van der Waals surface area contributed by atoms with Crippen molar-refractivity contribution < 1.29 is 19.4 Å². The minimum absolute atomic E-state index is 0.0341. The molecule has 2 aromatic rings. The molecular formula is C25H36N2O4. The summed E-state index contributed by atoms with van der Waals surface area (Å²) in [6, 6.07) is 17.3. The van der Waals surface area contributed by atoms with Crippen LogP contribution in [-0.4, -0.2) is 61.4 Å². The van der Waals surface area contributed by atoms with Crippen molar-refractivity contribution in [2.75, 3.05) is 39.4 Å². The number of rotatable bonds is 15. The van der Waals surface area contributed by atoms with Gasteiger partial charge in [0.1, 0.15) is 24.2 Å². The third-order valence-corrected chi connectivity index (χ3v) is 4.78. The lowest BCUT2D eigenvalue weighted by Gasteiger charge is -2.21. The number of para-hydroxylation sites is 1. The first-order chi connectivity index (χ1) is 15.1. The van der Waals surface area contributed by atoms with E-state index in [4.69, 9.17) is 9.47 Å². The number of hydrogen-bond donors (Lipinski definition) is 2. The summed E-state index contributed by atoms with van der Waals surface area (Å²) in [6.45, 7) is 7.25. The van der Waals surface area contributed by atoms with Gasteiger partial charge in [-0.2, -0.15) is 0 Å². The Bertz CT molecular complexity index is 731. The monoisotopic (exact) mass is 428 g/mol. The van der Waals surface area contributed by atoms with Crippen molar-refractivity contribution in [3.05, 3.63) is 60.2 Å². The molecule has 0 aromatic heterocycles. The lowest BCUT2D eigenvalue weighted by atomic mass is 10.1. The van der Waals surface area contributed by atoms with Crippen molar-refractivity contribution in [2.24, 2.45) is 0 Å². The Morgan fingerprint density at radius 3 is 2.26 bits per heavy atom. The number of nitrogens with one attached hydrogen (secondary N) is 1. The van der Waals surface area contributed by atoms with Crippen LogP contribution in [0.2, 0.25) is 0 Å². The summed E-state index contributed by atoms with van der Waals surface area (Å²) in [5.74, 6) is 1.49. The molecule has 0 bridgehead atoms. The van der Waals surface area contributed by atoms with E-state index in [-0.39, 0.29) is 19.1 Å². The van der Waals surface area contributed by atoms with E-state index in [0.29, 0.717) is 12.3 Å². The van der Waals surface area contributed by atoms with Crippen molar-refractivity contribution in [1.82, 2.24) is 10.2 Å². The van der Waals surface area contributed by atoms with Gasteiger partial charge < -0.3 is 24.8 Å². The molecule has 0 aliphatic carbocycles. The van der Waals surface area contributed by atoms with E-state index >= 15 is 0 Å². The van der Waals surface area contributed by atoms with Crippen LogP contribution < -0.4 is 14.8 Å². The highest BCUT2D eigenvalue weighted by Crippen LogP contribution is 2.13. The summed E-state index contributed by atoms with van der Waals surface area (Å²) >= 11 is 0. The molecule has 31 heavy (non-hydrogen) atoms. The third-order valence-electron chi connectivity index (χ3n) is 4.78. The molecular weight excluding hydrogens is 392 g/mol. The molecule has 0 saturated carbocycles. The van der Waals surface area contributed by atoms with Crippen molar-refractivity contribution in [1.29, 1.82) is 0 Å². The number of aliphatic hydroxyl groups is 1. The van der Waals surface area contributed by atoms with Gasteiger partial charge in [0.05, 0.1) is 0 Å². The Hall–Kier alpha value is -2.57.